The number of benzene rings is 2. The number of Topliss-reactive ketones (excluding diaryl/α,β-unsaturated/α-hetero) is 1. The zero-order valence-electron chi connectivity index (χ0n) is 16.2. The first-order chi connectivity index (χ1) is 14.1. The average molecular weight is 410 g/mol. The van der Waals surface area contributed by atoms with Crippen molar-refractivity contribution in [3.05, 3.63) is 66.0 Å². The van der Waals surface area contributed by atoms with Crippen LogP contribution in [0.1, 0.15) is 41.9 Å². The molecule has 7 heteroatoms. The molecule has 0 aliphatic heterocycles. The van der Waals surface area contributed by atoms with Crippen molar-refractivity contribution in [2.75, 3.05) is 12.4 Å². The van der Waals surface area contributed by atoms with Crippen molar-refractivity contribution < 1.29 is 14.6 Å². The number of aliphatic hydroxyl groups is 1. The van der Waals surface area contributed by atoms with Crippen molar-refractivity contribution in [1.29, 1.82) is 0 Å². The molecule has 1 atom stereocenters. The number of ether oxygens (including phenoxy) is 1. The number of ketones is 1. The lowest BCUT2D eigenvalue weighted by molar-refractivity contribution is 0.101. The Labute approximate surface area is 173 Å². The summed E-state index contributed by atoms with van der Waals surface area (Å²) in [6.45, 7) is 1.66. The third-order valence-corrected chi connectivity index (χ3v) is 5.63. The molecule has 0 radical (unpaired) electrons. The van der Waals surface area contributed by atoms with Crippen LogP contribution in [0.25, 0.3) is 5.69 Å². The standard InChI is InChI=1S/C22H23N3O3S/c1-15(26)17-6-5-9-20(12-17)28-13-19(27)14-29-22-23-21(16-10-11-16)25(24-22)18-7-3-2-4-8-18/h2-9,12,16,19,27H,10-11,13-14H2,1H3/t19-/m0/s1. The van der Waals surface area contributed by atoms with E-state index in [4.69, 9.17) is 9.72 Å². The fourth-order valence-electron chi connectivity index (χ4n) is 2.95. The lowest BCUT2D eigenvalue weighted by Crippen LogP contribution is -2.20. The minimum atomic E-state index is -0.672. The molecule has 1 heterocycles. The minimum absolute atomic E-state index is 0.0157. The Bertz CT molecular complexity index is 986. The number of thioether (sulfide) groups is 1. The monoisotopic (exact) mass is 409 g/mol. The summed E-state index contributed by atoms with van der Waals surface area (Å²) in [4.78, 5) is 16.2. The van der Waals surface area contributed by atoms with Gasteiger partial charge in [0.15, 0.2) is 5.78 Å². The lowest BCUT2D eigenvalue weighted by atomic mass is 10.1. The Hall–Kier alpha value is -2.64. The van der Waals surface area contributed by atoms with Gasteiger partial charge in [-0.15, -0.1) is 5.10 Å². The molecule has 0 saturated heterocycles. The quantitative estimate of drug-likeness (QED) is 0.427. The first-order valence-corrected chi connectivity index (χ1v) is 10.7. The maximum atomic E-state index is 11.5. The predicted octanol–water partition coefficient (Wildman–Crippen LogP) is 3.88. The van der Waals surface area contributed by atoms with Crippen LogP contribution in [0, 0.1) is 0 Å². The van der Waals surface area contributed by atoms with Gasteiger partial charge in [0, 0.05) is 17.2 Å². The Morgan fingerprint density at radius 3 is 2.76 bits per heavy atom. The summed E-state index contributed by atoms with van der Waals surface area (Å²) in [5.74, 6) is 2.45. The molecular weight excluding hydrogens is 386 g/mol. The van der Waals surface area contributed by atoms with Crippen molar-refractivity contribution in [2.45, 2.75) is 36.9 Å². The van der Waals surface area contributed by atoms with Crippen molar-refractivity contribution in [1.82, 2.24) is 14.8 Å². The van der Waals surface area contributed by atoms with E-state index < -0.39 is 6.10 Å². The van der Waals surface area contributed by atoms with E-state index in [1.54, 1.807) is 24.3 Å². The Balaban J connectivity index is 1.35. The molecule has 0 unspecified atom stereocenters. The molecule has 0 amide bonds. The summed E-state index contributed by atoms with van der Waals surface area (Å²) >= 11 is 1.42. The number of aliphatic hydroxyl groups excluding tert-OH is 1. The highest BCUT2D eigenvalue weighted by Crippen LogP contribution is 2.40. The maximum absolute atomic E-state index is 11.5. The first kappa shape index (κ1) is 19.7. The van der Waals surface area contributed by atoms with E-state index >= 15 is 0 Å². The van der Waals surface area contributed by atoms with Gasteiger partial charge < -0.3 is 9.84 Å². The molecular formula is C22H23N3O3S. The van der Waals surface area contributed by atoms with Gasteiger partial charge in [0.25, 0.3) is 0 Å². The van der Waals surface area contributed by atoms with Crippen LogP contribution in [-0.2, 0) is 0 Å². The van der Waals surface area contributed by atoms with Crippen molar-refractivity contribution in [3.8, 4) is 11.4 Å². The fourth-order valence-corrected chi connectivity index (χ4v) is 3.68. The van der Waals surface area contributed by atoms with Gasteiger partial charge in [-0.1, -0.05) is 42.1 Å². The van der Waals surface area contributed by atoms with Crippen LogP contribution >= 0.6 is 11.8 Å². The van der Waals surface area contributed by atoms with E-state index in [2.05, 4.69) is 5.10 Å². The molecule has 1 saturated carbocycles. The SMILES string of the molecule is CC(=O)c1cccc(OC[C@H](O)CSc2nc(C3CC3)n(-c3ccccc3)n2)c1. The Kier molecular flexibility index (Phi) is 5.97. The lowest BCUT2D eigenvalue weighted by Gasteiger charge is -2.11. The normalized spacial score (nSPS) is 14.6. The number of hydrogen-bond donors (Lipinski definition) is 1. The van der Waals surface area contributed by atoms with E-state index in [0.717, 1.165) is 24.4 Å². The second-order valence-corrected chi connectivity index (χ2v) is 8.12. The van der Waals surface area contributed by atoms with E-state index in [1.807, 2.05) is 35.0 Å². The van der Waals surface area contributed by atoms with E-state index in [9.17, 15) is 9.90 Å². The molecule has 150 valence electrons. The number of hydrogen-bond acceptors (Lipinski definition) is 6. The van der Waals surface area contributed by atoms with Gasteiger partial charge in [0.2, 0.25) is 5.16 Å². The largest absolute Gasteiger partial charge is 0.491 e. The van der Waals surface area contributed by atoms with Gasteiger partial charge in [0.1, 0.15) is 18.2 Å². The molecule has 29 heavy (non-hydrogen) atoms. The number of carbonyl (C=O) groups is 1. The van der Waals surface area contributed by atoms with Gasteiger partial charge in [0.05, 0.1) is 11.8 Å². The van der Waals surface area contributed by atoms with Gasteiger partial charge in [-0.2, -0.15) is 0 Å². The number of aromatic nitrogens is 3. The molecule has 1 N–H and O–H groups in total. The molecule has 1 aliphatic rings. The van der Waals surface area contributed by atoms with Crippen molar-refractivity contribution in [2.24, 2.45) is 0 Å². The third-order valence-electron chi connectivity index (χ3n) is 4.64. The highest BCUT2D eigenvalue weighted by molar-refractivity contribution is 7.99. The third kappa shape index (κ3) is 5.05. The summed E-state index contributed by atoms with van der Waals surface area (Å²) in [6, 6.07) is 17.0. The molecule has 3 aromatic rings. The number of nitrogens with zero attached hydrogens (tertiary/aromatic N) is 3. The number of rotatable bonds is 9. The Morgan fingerprint density at radius 2 is 2.03 bits per heavy atom. The van der Waals surface area contributed by atoms with Crippen LogP contribution in [0.3, 0.4) is 0 Å². The molecule has 0 bridgehead atoms. The zero-order valence-corrected chi connectivity index (χ0v) is 17.0. The van der Waals surface area contributed by atoms with E-state index in [1.165, 1.54) is 18.7 Å². The van der Waals surface area contributed by atoms with Crippen LogP contribution < -0.4 is 4.74 Å². The predicted molar refractivity (Wildman–Crippen MR) is 112 cm³/mol. The van der Waals surface area contributed by atoms with Crippen LogP contribution in [-0.4, -0.2) is 44.1 Å². The maximum Gasteiger partial charge on any atom is 0.209 e. The van der Waals surface area contributed by atoms with Crippen LogP contribution in [0.2, 0.25) is 0 Å². The molecule has 2 aromatic carbocycles. The smallest absolute Gasteiger partial charge is 0.209 e. The zero-order chi connectivity index (χ0) is 20.2. The highest BCUT2D eigenvalue weighted by Gasteiger charge is 2.30. The minimum Gasteiger partial charge on any atom is -0.491 e. The van der Waals surface area contributed by atoms with Crippen molar-refractivity contribution >= 4 is 17.5 Å². The van der Waals surface area contributed by atoms with E-state index in [0.29, 0.717) is 28.1 Å². The fraction of sp³-hybridized carbons (Fsp3) is 0.318. The second kappa shape index (κ2) is 8.80. The topological polar surface area (TPSA) is 77.2 Å². The molecule has 1 aromatic heterocycles. The molecule has 1 fully saturated rings. The molecule has 6 nitrogen and oxygen atoms in total. The van der Waals surface area contributed by atoms with Crippen LogP contribution in [0.15, 0.2) is 59.8 Å². The molecule has 0 spiro atoms. The summed E-state index contributed by atoms with van der Waals surface area (Å²) in [5.41, 5.74) is 1.60. The highest BCUT2D eigenvalue weighted by atomic mass is 32.2. The molecule has 4 rings (SSSR count). The average Bonchev–Trinajstić information content (AvgIpc) is 3.50. The molecule has 1 aliphatic carbocycles. The number of carbonyl (C=O) groups excluding carboxylic acids is 1. The second-order valence-electron chi connectivity index (χ2n) is 7.13. The van der Waals surface area contributed by atoms with Gasteiger partial charge in [-0.3, -0.25) is 4.79 Å². The van der Waals surface area contributed by atoms with Gasteiger partial charge in [-0.25, -0.2) is 9.67 Å². The van der Waals surface area contributed by atoms with E-state index in [-0.39, 0.29) is 12.4 Å². The van der Waals surface area contributed by atoms with Crippen LogP contribution in [0.5, 0.6) is 5.75 Å². The summed E-state index contributed by atoms with van der Waals surface area (Å²) in [5, 5.41) is 15.6. The van der Waals surface area contributed by atoms with Gasteiger partial charge in [-0.05, 0) is 44.0 Å². The summed E-state index contributed by atoms with van der Waals surface area (Å²) in [6.07, 6.45) is 1.62. The van der Waals surface area contributed by atoms with Gasteiger partial charge >= 0.3 is 0 Å². The summed E-state index contributed by atoms with van der Waals surface area (Å²) in [7, 11) is 0. The Morgan fingerprint density at radius 1 is 1.24 bits per heavy atom. The first-order valence-electron chi connectivity index (χ1n) is 9.67. The summed E-state index contributed by atoms with van der Waals surface area (Å²) < 4.78 is 7.54. The van der Waals surface area contributed by atoms with Crippen LogP contribution in [0.4, 0.5) is 0 Å². The van der Waals surface area contributed by atoms with Crippen molar-refractivity contribution in [3.63, 3.8) is 0 Å². The number of para-hydroxylation sites is 1.